The molecule has 0 spiro atoms. The molecule has 3 aromatic rings. The highest BCUT2D eigenvalue weighted by Crippen LogP contribution is 2.34. The van der Waals surface area contributed by atoms with Crippen molar-refractivity contribution in [2.45, 2.75) is 32.5 Å². The molecule has 0 aliphatic carbocycles. The van der Waals surface area contributed by atoms with Crippen LogP contribution in [0.4, 0.5) is 23.2 Å². The number of imidazole rings is 1. The molecule has 0 radical (unpaired) electrons. The number of nitrogens with zero attached hydrogens (tertiary/aromatic N) is 3. The van der Waals surface area contributed by atoms with Crippen LogP contribution in [0.15, 0.2) is 65.6 Å². The third-order valence-corrected chi connectivity index (χ3v) is 5.82. The Kier molecular flexibility index (Phi) is 7.07. The van der Waals surface area contributed by atoms with Gasteiger partial charge in [-0.15, -0.1) is 13.2 Å². The number of halogens is 5. The lowest BCUT2D eigenvalue weighted by Gasteiger charge is -2.14. The van der Waals surface area contributed by atoms with Gasteiger partial charge in [0.1, 0.15) is 17.9 Å². The van der Waals surface area contributed by atoms with Gasteiger partial charge in [0.25, 0.3) is 5.91 Å². The third kappa shape index (κ3) is 5.54. The summed E-state index contributed by atoms with van der Waals surface area (Å²) in [4.78, 5) is 31.9. The predicted octanol–water partition coefficient (Wildman–Crippen LogP) is 6.06. The highest BCUT2D eigenvalue weighted by Gasteiger charge is 2.37. The molecular formula is C25H19ClF4N4O2. The van der Waals surface area contributed by atoms with E-state index >= 15 is 0 Å². The zero-order chi connectivity index (χ0) is 26.0. The first-order chi connectivity index (χ1) is 17.0. The average molecular weight is 519 g/mol. The Morgan fingerprint density at radius 2 is 1.86 bits per heavy atom. The molecule has 2 aromatic carbocycles. The Hall–Kier alpha value is -3.79. The number of carbonyl (C=O) groups excluding carboxylic acids is 2. The standard InChI is InChI=1S/C25H19ClF4N4O2/c1-14(35)2-3-15-4-9-20(19(26)10-15)33-24(36)17-11-21(31-12-17)23-22(16-5-7-18(27)8-6-16)32-13-34(23)25(28,29)30/h4-10,12-13H,2-3,11H2,1H3,(H,33,36). The molecule has 4 rings (SSSR count). The van der Waals surface area contributed by atoms with Gasteiger partial charge in [-0.05, 0) is 55.3 Å². The minimum atomic E-state index is -4.79. The van der Waals surface area contributed by atoms with E-state index in [9.17, 15) is 27.2 Å². The van der Waals surface area contributed by atoms with Crippen LogP contribution < -0.4 is 5.32 Å². The number of aliphatic imine (C=N–C) groups is 1. The van der Waals surface area contributed by atoms with E-state index in [0.717, 1.165) is 17.7 Å². The second kappa shape index (κ2) is 10.1. The van der Waals surface area contributed by atoms with Crippen LogP contribution in [-0.2, 0) is 22.3 Å². The van der Waals surface area contributed by atoms with E-state index < -0.39 is 18.0 Å². The lowest BCUT2D eigenvalue weighted by molar-refractivity contribution is -0.204. The van der Waals surface area contributed by atoms with E-state index in [-0.39, 0.29) is 50.0 Å². The summed E-state index contributed by atoms with van der Waals surface area (Å²) < 4.78 is 54.4. The number of carbonyl (C=O) groups is 2. The van der Waals surface area contributed by atoms with E-state index in [0.29, 0.717) is 24.9 Å². The smallest absolute Gasteiger partial charge is 0.321 e. The quantitative estimate of drug-likeness (QED) is 0.386. The van der Waals surface area contributed by atoms with Crippen molar-refractivity contribution in [1.29, 1.82) is 0 Å². The number of Topliss-reactive ketones (excluding diaryl/α,β-unsaturated/α-hetero) is 1. The molecule has 0 fully saturated rings. The summed E-state index contributed by atoms with van der Waals surface area (Å²) in [7, 11) is 0. The van der Waals surface area contributed by atoms with E-state index in [2.05, 4.69) is 15.3 Å². The zero-order valence-electron chi connectivity index (χ0n) is 18.9. The number of alkyl halides is 3. The molecule has 36 heavy (non-hydrogen) atoms. The van der Waals surface area contributed by atoms with Crippen LogP contribution in [0.2, 0.25) is 5.02 Å². The van der Waals surface area contributed by atoms with Gasteiger partial charge in [0.2, 0.25) is 0 Å². The van der Waals surface area contributed by atoms with Gasteiger partial charge < -0.3 is 10.1 Å². The van der Waals surface area contributed by atoms with Crippen LogP contribution in [-0.4, -0.2) is 27.0 Å². The van der Waals surface area contributed by atoms with Gasteiger partial charge in [0.15, 0.2) is 0 Å². The van der Waals surface area contributed by atoms with Gasteiger partial charge in [0, 0.05) is 30.2 Å². The summed E-state index contributed by atoms with van der Waals surface area (Å²) in [5.74, 6) is -1.07. The molecular weight excluding hydrogens is 500 g/mol. The summed E-state index contributed by atoms with van der Waals surface area (Å²) in [5, 5.41) is 2.90. The van der Waals surface area contributed by atoms with Crippen molar-refractivity contribution in [3.8, 4) is 11.3 Å². The summed E-state index contributed by atoms with van der Waals surface area (Å²) in [6.07, 6.45) is -2.27. The molecule has 186 valence electrons. The molecule has 1 aromatic heterocycles. The molecule has 0 bridgehead atoms. The van der Waals surface area contributed by atoms with Crippen LogP contribution in [0.5, 0.6) is 0 Å². The lowest BCUT2D eigenvalue weighted by atomic mass is 10.0. The summed E-state index contributed by atoms with van der Waals surface area (Å²) in [6, 6.07) is 9.84. The number of amides is 1. The van der Waals surface area contributed by atoms with E-state index in [1.54, 1.807) is 18.2 Å². The van der Waals surface area contributed by atoms with Crippen molar-refractivity contribution in [2.75, 3.05) is 5.32 Å². The molecule has 1 aliphatic rings. The molecule has 0 saturated carbocycles. The number of anilines is 1. The van der Waals surface area contributed by atoms with Gasteiger partial charge in [-0.2, -0.15) is 0 Å². The van der Waals surface area contributed by atoms with Crippen LogP contribution in [0, 0.1) is 5.82 Å². The Morgan fingerprint density at radius 1 is 1.14 bits per heavy atom. The van der Waals surface area contributed by atoms with Gasteiger partial charge in [-0.1, -0.05) is 17.7 Å². The highest BCUT2D eigenvalue weighted by molar-refractivity contribution is 6.34. The normalized spacial score (nSPS) is 13.4. The predicted molar refractivity (Wildman–Crippen MR) is 127 cm³/mol. The van der Waals surface area contributed by atoms with Gasteiger partial charge in [-0.3, -0.25) is 9.79 Å². The second-order valence-corrected chi connectivity index (χ2v) is 8.57. The van der Waals surface area contributed by atoms with Gasteiger partial charge >= 0.3 is 6.30 Å². The number of rotatable bonds is 7. The van der Waals surface area contributed by atoms with E-state index in [4.69, 9.17) is 11.6 Å². The fourth-order valence-corrected chi connectivity index (χ4v) is 3.94. The Labute approximate surface area is 208 Å². The summed E-state index contributed by atoms with van der Waals surface area (Å²) >= 11 is 6.27. The van der Waals surface area contributed by atoms with Crippen molar-refractivity contribution >= 4 is 34.7 Å². The van der Waals surface area contributed by atoms with Crippen LogP contribution in [0.3, 0.4) is 0 Å². The number of aryl methyl sites for hydroxylation is 1. The Bertz CT molecular complexity index is 1390. The van der Waals surface area contributed by atoms with Gasteiger partial charge in [-0.25, -0.2) is 13.9 Å². The molecule has 1 N–H and O–H groups in total. The molecule has 0 atom stereocenters. The molecule has 11 heteroatoms. The minimum absolute atomic E-state index is 0.0139. The van der Waals surface area contributed by atoms with Crippen molar-refractivity contribution in [1.82, 2.24) is 9.55 Å². The fraction of sp³-hybridized carbons (Fsp3) is 0.200. The van der Waals surface area contributed by atoms with E-state index in [1.807, 2.05) is 0 Å². The maximum atomic E-state index is 13.7. The number of benzene rings is 2. The number of nitrogens with one attached hydrogen (secondary N) is 1. The first-order valence-electron chi connectivity index (χ1n) is 10.8. The van der Waals surface area contributed by atoms with Crippen LogP contribution in [0.1, 0.15) is 31.0 Å². The zero-order valence-corrected chi connectivity index (χ0v) is 19.6. The molecule has 0 saturated heterocycles. The topological polar surface area (TPSA) is 76.3 Å². The minimum Gasteiger partial charge on any atom is -0.321 e. The van der Waals surface area contributed by atoms with Crippen molar-refractivity contribution in [2.24, 2.45) is 4.99 Å². The van der Waals surface area contributed by atoms with Gasteiger partial charge in [0.05, 0.1) is 27.8 Å². The fourth-order valence-electron chi connectivity index (χ4n) is 3.69. The van der Waals surface area contributed by atoms with Crippen molar-refractivity contribution < 1.29 is 27.2 Å². The van der Waals surface area contributed by atoms with Crippen molar-refractivity contribution in [3.05, 3.63) is 82.7 Å². The number of aromatic nitrogens is 2. The summed E-state index contributed by atoms with van der Waals surface area (Å²) in [5.41, 5.74) is 1.15. The lowest BCUT2D eigenvalue weighted by Crippen LogP contribution is -2.22. The Morgan fingerprint density at radius 3 is 2.50 bits per heavy atom. The summed E-state index contributed by atoms with van der Waals surface area (Å²) in [6.45, 7) is 1.49. The van der Waals surface area contributed by atoms with E-state index in [1.165, 1.54) is 25.3 Å². The molecule has 2 heterocycles. The number of hydrogen-bond donors (Lipinski definition) is 1. The monoisotopic (exact) mass is 518 g/mol. The van der Waals surface area contributed by atoms with Crippen LogP contribution in [0.25, 0.3) is 11.3 Å². The maximum absolute atomic E-state index is 13.7. The largest absolute Gasteiger partial charge is 0.490 e. The van der Waals surface area contributed by atoms with Crippen molar-refractivity contribution in [3.63, 3.8) is 0 Å². The molecule has 0 unspecified atom stereocenters. The van der Waals surface area contributed by atoms with Crippen LogP contribution >= 0.6 is 11.6 Å². The third-order valence-electron chi connectivity index (χ3n) is 5.50. The highest BCUT2D eigenvalue weighted by atomic mass is 35.5. The SMILES string of the molecule is CC(=O)CCc1ccc(NC(=O)C2=CN=C(c3c(-c4ccc(F)cc4)ncn3C(F)(F)F)C2)c(Cl)c1. The number of ketones is 1. The number of hydrogen-bond acceptors (Lipinski definition) is 4. The maximum Gasteiger partial charge on any atom is 0.490 e. The molecule has 1 amide bonds. The first-order valence-corrected chi connectivity index (χ1v) is 11.2. The molecule has 6 nitrogen and oxygen atoms in total. The first kappa shape index (κ1) is 25.3. The average Bonchev–Trinajstić information content (AvgIpc) is 3.47. The second-order valence-electron chi connectivity index (χ2n) is 8.16. The Balaban J connectivity index is 1.53. The molecule has 1 aliphatic heterocycles.